The maximum Gasteiger partial charge on any atom is 0.318 e. The van der Waals surface area contributed by atoms with Gasteiger partial charge in [-0.2, -0.15) is 9.97 Å². The largest absolute Gasteiger partial charge is 0.462 e. The minimum absolute atomic E-state index is 0.237. The van der Waals surface area contributed by atoms with Crippen molar-refractivity contribution in [2.24, 2.45) is 0 Å². The number of hydrogen-bond acceptors (Lipinski definition) is 7. The third-order valence-electron chi connectivity index (χ3n) is 8.85. The molecule has 0 N–H and O–H groups in total. The summed E-state index contributed by atoms with van der Waals surface area (Å²) in [5, 5.41) is 2.74. The number of benzene rings is 2. The molecule has 2 saturated heterocycles. The van der Waals surface area contributed by atoms with E-state index in [9.17, 15) is 9.18 Å². The van der Waals surface area contributed by atoms with Crippen LogP contribution in [-0.2, 0) is 22.6 Å². The summed E-state index contributed by atoms with van der Waals surface area (Å²) in [6, 6.07) is 12.7. The van der Waals surface area contributed by atoms with Gasteiger partial charge in [-0.25, -0.2) is 4.39 Å². The van der Waals surface area contributed by atoms with E-state index in [4.69, 9.17) is 31.0 Å². The first-order valence-electron chi connectivity index (χ1n) is 14.6. The number of piperazine rings is 1. The molecule has 2 atom stereocenters. The van der Waals surface area contributed by atoms with Crippen LogP contribution in [0.25, 0.3) is 10.8 Å². The highest BCUT2D eigenvalue weighted by molar-refractivity contribution is 6.35. The van der Waals surface area contributed by atoms with E-state index in [1.54, 1.807) is 4.90 Å². The van der Waals surface area contributed by atoms with Crippen LogP contribution in [0.2, 0.25) is 5.02 Å². The van der Waals surface area contributed by atoms with E-state index in [2.05, 4.69) is 41.6 Å². The molecule has 0 aliphatic carbocycles. The summed E-state index contributed by atoms with van der Waals surface area (Å²) >= 11 is 6.66. The number of likely N-dealkylation sites (N-methyl/N-ethyl adjacent to an activating group) is 1. The number of fused-ring (bicyclic) bond motifs is 2. The van der Waals surface area contributed by atoms with E-state index in [0.717, 1.165) is 52.8 Å². The molecule has 222 valence electrons. The Morgan fingerprint density at radius 1 is 1.19 bits per heavy atom. The second-order valence-electron chi connectivity index (χ2n) is 12.1. The molecule has 0 radical (unpaired) electrons. The summed E-state index contributed by atoms with van der Waals surface area (Å²) in [6.45, 7) is 10.3. The number of amides is 1. The molecule has 10 heteroatoms. The Labute approximate surface area is 251 Å². The van der Waals surface area contributed by atoms with Crippen LogP contribution in [-0.4, -0.2) is 77.1 Å². The van der Waals surface area contributed by atoms with Crippen LogP contribution in [0.5, 0.6) is 6.01 Å². The third-order valence-corrected chi connectivity index (χ3v) is 9.16. The quantitative estimate of drug-likeness (QED) is 0.351. The Hall–Kier alpha value is -3.27. The predicted octanol–water partition coefficient (Wildman–Crippen LogP) is 5.48. The van der Waals surface area contributed by atoms with E-state index in [0.29, 0.717) is 56.3 Å². The minimum Gasteiger partial charge on any atom is -0.462 e. The zero-order chi connectivity index (χ0) is 29.6. The second-order valence-corrected chi connectivity index (χ2v) is 12.5. The Balaban J connectivity index is 1.34. The molecule has 8 nitrogen and oxygen atoms in total. The highest BCUT2D eigenvalue weighted by Crippen LogP contribution is 2.40. The van der Waals surface area contributed by atoms with E-state index in [-0.39, 0.29) is 6.10 Å². The number of carbonyl (C=O) groups is 1. The fourth-order valence-corrected chi connectivity index (χ4v) is 6.86. The number of ether oxygens (including phenoxy) is 2. The molecular weight excluding hydrogens is 557 g/mol. The molecule has 4 heterocycles. The second kappa shape index (κ2) is 11.4. The van der Waals surface area contributed by atoms with Crippen LogP contribution >= 0.6 is 11.6 Å². The van der Waals surface area contributed by atoms with Gasteiger partial charge in [-0.05, 0) is 57.3 Å². The predicted molar refractivity (Wildman–Crippen MR) is 162 cm³/mol. The first-order valence-corrected chi connectivity index (χ1v) is 14.9. The van der Waals surface area contributed by atoms with Crippen molar-refractivity contribution in [1.29, 1.82) is 0 Å². The first-order chi connectivity index (χ1) is 20.1. The van der Waals surface area contributed by atoms with Gasteiger partial charge in [0.05, 0.1) is 23.9 Å². The zero-order valence-electron chi connectivity index (χ0n) is 24.4. The summed E-state index contributed by atoms with van der Waals surface area (Å²) in [7, 11) is 2.12. The number of halogens is 2. The summed E-state index contributed by atoms with van der Waals surface area (Å²) < 4.78 is 26.5. The number of hydrogen-bond donors (Lipinski definition) is 0. The maximum atomic E-state index is 13.8. The highest BCUT2D eigenvalue weighted by atomic mass is 35.5. The first kappa shape index (κ1) is 28.8. The third kappa shape index (κ3) is 5.45. The molecule has 3 aromatic rings. The summed E-state index contributed by atoms with van der Waals surface area (Å²) in [5.41, 5.74) is 2.17. The lowest BCUT2D eigenvalue weighted by molar-refractivity contribution is -0.134. The molecule has 1 amide bonds. The fourth-order valence-electron chi connectivity index (χ4n) is 6.57. The molecule has 0 saturated carbocycles. The molecule has 0 bridgehead atoms. The molecule has 6 rings (SSSR count). The van der Waals surface area contributed by atoms with E-state index in [1.165, 1.54) is 0 Å². The van der Waals surface area contributed by atoms with Crippen molar-refractivity contribution in [2.75, 3.05) is 44.7 Å². The van der Waals surface area contributed by atoms with Gasteiger partial charge in [-0.15, -0.1) is 0 Å². The lowest BCUT2D eigenvalue weighted by Crippen LogP contribution is -2.61. The molecule has 42 heavy (non-hydrogen) atoms. The molecule has 1 unspecified atom stereocenters. The van der Waals surface area contributed by atoms with Gasteiger partial charge in [0.2, 0.25) is 0 Å². The number of anilines is 1. The average Bonchev–Trinajstić information content (AvgIpc) is 3.38. The maximum absolute atomic E-state index is 13.8. The molecule has 1 aromatic heterocycles. The molecule has 0 spiro atoms. The highest BCUT2D eigenvalue weighted by Gasteiger charge is 2.40. The zero-order valence-corrected chi connectivity index (χ0v) is 25.2. The number of rotatable bonds is 6. The van der Waals surface area contributed by atoms with Crippen LogP contribution in [0.1, 0.15) is 49.6 Å². The van der Waals surface area contributed by atoms with Crippen molar-refractivity contribution in [2.45, 2.75) is 57.4 Å². The SMILES string of the molecule is C=C(F)C(=O)N1CCN(c2nc(OC[C@@H]3CCCN3C)nc3c2COC(c2cccc4cccc(Cl)c24)C3)CC1(C)C. The number of likely N-dealkylation sites (tertiary alicyclic amines) is 1. The Morgan fingerprint density at radius 3 is 2.69 bits per heavy atom. The molecule has 3 aliphatic rings. The minimum atomic E-state index is -0.948. The van der Waals surface area contributed by atoms with Crippen molar-refractivity contribution < 1.29 is 18.7 Å². The van der Waals surface area contributed by atoms with E-state index >= 15 is 0 Å². The summed E-state index contributed by atoms with van der Waals surface area (Å²) in [4.78, 5) is 28.3. The fraction of sp³-hybridized carbons (Fsp3) is 0.469. The molecule has 2 fully saturated rings. The van der Waals surface area contributed by atoms with Crippen LogP contribution in [0.15, 0.2) is 48.8 Å². The average molecular weight is 594 g/mol. The molecule has 2 aromatic carbocycles. The van der Waals surface area contributed by atoms with Gasteiger partial charge >= 0.3 is 6.01 Å². The lowest BCUT2D eigenvalue weighted by atomic mass is 9.94. The topological polar surface area (TPSA) is 71.0 Å². The van der Waals surface area contributed by atoms with Crippen molar-refractivity contribution in [1.82, 2.24) is 19.8 Å². The molecule has 3 aliphatic heterocycles. The summed E-state index contributed by atoms with van der Waals surface area (Å²) in [6.07, 6.45) is 2.53. The van der Waals surface area contributed by atoms with Gasteiger partial charge in [0.25, 0.3) is 5.91 Å². The van der Waals surface area contributed by atoms with Gasteiger partial charge < -0.3 is 24.2 Å². The monoisotopic (exact) mass is 593 g/mol. The van der Waals surface area contributed by atoms with Crippen LogP contribution in [0.3, 0.4) is 0 Å². The van der Waals surface area contributed by atoms with Crippen LogP contribution in [0, 0.1) is 0 Å². The van der Waals surface area contributed by atoms with E-state index < -0.39 is 17.3 Å². The van der Waals surface area contributed by atoms with Gasteiger partial charge in [0.15, 0.2) is 5.83 Å². The normalized spacial score (nSPS) is 22.3. The Kier molecular flexibility index (Phi) is 7.85. The smallest absolute Gasteiger partial charge is 0.318 e. The van der Waals surface area contributed by atoms with Gasteiger partial charge in [0, 0.05) is 48.1 Å². The van der Waals surface area contributed by atoms with Crippen molar-refractivity contribution in [3.8, 4) is 6.01 Å². The number of carbonyl (C=O) groups excluding carboxylic acids is 1. The van der Waals surface area contributed by atoms with E-state index in [1.807, 2.05) is 32.0 Å². The van der Waals surface area contributed by atoms with Crippen LogP contribution < -0.4 is 9.64 Å². The van der Waals surface area contributed by atoms with Gasteiger partial charge in [-0.3, -0.25) is 4.79 Å². The van der Waals surface area contributed by atoms with Crippen molar-refractivity contribution in [3.05, 3.63) is 70.6 Å². The van der Waals surface area contributed by atoms with Gasteiger partial charge in [0.1, 0.15) is 12.4 Å². The number of nitrogens with zero attached hydrogens (tertiary/aromatic N) is 5. The standard InChI is InChI=1S/C32H37ClFN5O3/c1-20(34)30(40)39-15-14-38(19-32(39,2)3)29-24-18-41-27(23-11-5-8-21-9-6-12-25(33)28(21)23)16-26(24)35-31(36-29)42-17-22-10-7-13-37(22)4/h5-6,8-9,11-12,22,27H,1,7,10,13-19H2,2-4H3/t22-,27?/m0/s1. The number of aromatic nitrogens is 2. The lowest BCUT2D eigenvalue weighted by Gasteiger charge is -2.47. The summed E-state index contributed by atoms with van der Waals surface area (Å²) in [5.74, 6) is -0.881. The molecular formula is C32H37ClFN5O3. The van der Waals surface area contributed by atoms with Crippen molar-refractivity contribution >= 4 is 34.1 Å². The Morgan fingerprint density at radius 2 is 1.98 bits per heavy atom. The van der Waals surface area contributed by atoms with Gasteiger partial charge in [-0.1, -0.05) is 48.5 Å². The van der Waals surface area contributed by atoms with Crippen molar-refractivity contribution in [3.63, 3.8) is 0 Å². The Bertz CT molecular complexity index is 1530. The van der Waals surface area contributed by atoms with Crippen LogP contribution in [0.4, 0.5) is 10.2 Å².